The molecule has 1 aromatic carbocycles. The van der Waals surface area contributed by atoms with E-state index in [9.17, 15) is 9.90 Å². The maximum atomic E-state index is 11.4. The van der Waals surface area contributed by atoms with Crippen LogP contribution >= 0.6 is 11.8 Å². The second kappa shape index (κ2) is 5.02. The van der Waals surface area contributed by atoms with Crippen LogP contribution in [0.3, 0.4) is 0 Å². The normalized spacial score (nSPS) is 10.8. The first-order valence-corrected chi connectivity index (χ1v) is 6.82. The number of pyridine rings is 1. The second-order valence-corrected chi connectivity index (χ2v) is 5.31. The lowest BCUT2D eigenvalue weighted by molar-refractivity contribution is 0.0692. The van der Waals surface area contributed by atoms with Crippen molar-refractivity contribution in [2.75, 3.05) is 0 Å². The Balaban J connectivity index is 2.14. The highest BCUT2D eigenvalue weighted by Gasteiger charge is 2.16. The quantitative estimate of drug-likeness (QED) is 0.788. The molecule has 0 amide bonds. The van der Waals surface area contributed by atoms with Gasteiger partial charge in [0.15, 0.2) is 0 Å². The van der Waals surface area contributed by atoms with E-state index in [4.69, 9.17) is 4.42 Å². The summed E-state index contributed by atoms with van der Waals surface area (Å²) in [6.45, 7) is 1.84. The molecule has 2 heterocycles. The maximum Gasteiger partial charge on any atom is 0.338 e. The summed E-state index contributed by atoms with van der Waals surface area (Å²) in [5.41, 5.74) is 0.982. The number of rotatable bonds is 3. The van der Waals surface area contributed by atoms with Gasteiger partial charge in [-0.25, -0.2) is 9.78 Å². The van der Waals surface area contributed by atoms with Gasteiger partial charge in [-0.2, -0.15) is 0 Å². The van der Waals surface area contributed by atoms with Crippen LogP contribution in [0.15, 0.2) is 57.0 Å². The molecule has 0 aliphatic heterocycles. The Labute approximate surface area is 119 Å². The molecule has 5 heteroatoms. The molecule has 3 rings (SSSR count). The van der Waals surface area contributed by atoms with E-state index in [1.165, 1.54) is 11.8 Å². The van der Waals surface area contributed by atoms with E-state index >= 15 is 0 Å². The predicted molar refractivity (Wildman–Crippen MR) is 76.3 cm³/mol. The number of aromatic nitrogens is 1. The molecule has 0 aliphatic carbocycles. The largest absolute Gasteiger partial charge is 0.478 e. The zero-order chi connectivity index (χ0) is 14.1. The number of para-hydroxylation sites is 1. The highest BCUT2D eigenvalue weighted by atomic mass is 32.2. The number of benzene rings is 1. The monoisotopic (exact) mass is 285 g/mol. The maximum absolute atomic E-state index is 11.4. The van der Waals surface area contributed by atoms with Gasteiger partial charge in [0.05, 0.1) is 22.2 Å². The Bertz CT molecular complexity index is 795. The molecular weight excluding hydrogens is 274 g/mol. The van der Waals surface area contributed by atoms with E-state index in [2.05, 4.69) is 4.98 Å². The molecule has 100 valence electrons. The van der Waals surface area contributed by atoms with E-state index in [0.717, 1.165) is 21.6 Å². The number of aromatic carboxylic acids is 1. The van der Waals surface area contributed by atoms with E-state index in [1.54, 1.807) is 12.3 Å². The van der Waals surface area contributed by atoms with Gasteiger partial charge < -0.3 is 9.52 Å². The molecule has 3 aromatic rings. The number of hydrogen-bond acceptors (Lipinski definition) is 4. The minimum atomic E-state index is -0.980. The summed E-state index contributed by atoms with van der Waals surface area (Å²) in [7, 11) is 0. The van der Waals surface area contributed by atoms with Crippen LogP contribution in [-0.2, 0) is 0 Å². The van der Waals surface area contributed by atoms with Crippen LogP contribution in [0.1, 0.15) is 16.1 Å². The molecule has 0 unspecified atom stereocenters. The van der Waals surface area contributed by atoms with Crippen molar-refractivity contribution in [3.05, 3.63) is 54.0 Å². The third kappa shape index (κ3) is 2.28. The molecule has 0 radical (unpaired) electrons. The molecule has 0 spiro atoms. The fourth-order valence-corrected chi connectivity index (χ4v) is 2.84. The first-order valence-electron chi connectivity index (χ1n) is 6.00. The van der Waals surface area contributed by atoms with E-state index < -0.39 is 5.97 Å². The first-order chi connectivity index (χ1) is 9.65. The Hall–Kier alpha value is -2.27. The molecule has 1 N–H and O–H groups in total. The summed E-state index contributed by atoms with van der Waals surface area (Å²) >= 11 is 1.30. The van der Waals surface area contributed by atoms with E-state index in [0.29, 0.717) is 5.03 Å². The van der Waals surface area contributed by atoms with Crippen LogP contribution in [0.25, 0.3) is 10.9 Å². The molecule has 0 fully saturated rings. The van der Waals surface area contributed by atoms with Crippen LogP contribution in [0.4, 0.5) is 0 Å². The third-order valence-electron chi connectivity index (χ3n) is 2.94. The average Bonchev–Trinajstić information content (AvgIpc) is 2.83. The van der Waals surface area contributed by atoms with Crippen molar-refractivity contribution in [2.45, 2.75) is 16.8 Å². The van der Waals surface area contributed by atoms with Gasteiger partial charge in [0.2, 0.25) is 0 Å². The molecule has 0 saturated carbocycles. The smallest absolute Gasteiger partial charge is 0.338 e. The number of furan rings is 1. The minimum absolute atomic E-state index is 0.203. The molecule has 4 nitrogen and oxygen atoms in total. The molecule has 0 saturated heterocycles. The van der Waals surface area contributed by atoms with Crippen LogP contribution in [0, 0.1) is 6.92 Å². The third-order valence-corrected chi connectivity index (χ3v) is 4.09. The van der Waals surface area contributed by atoms with Gasteiger partial charge in [-0.15, -0.1) is 0 Å². The molecular formula is C15H11NO3S. The van der Waals surface area contributed by atoms with Crippen LogP contribution in [0.5, 0.6) is 0 Å². The van der Waals surface area contributed by atoms with Gasteiger partial charge in [0.1, 0.15) is 10.8 Å². The lowest BCUT2D eigenvalue weighted by Crippen LogP contribution is -2.01. The van der Waals surface area contributed by atoms with Crippen molar-refractivity contribution in [3.63, 3.8) is 0 Å². The fraction of sp³-hybridized carbons (Fsp3) is 0.0667. The lowest BCUT2D eigenvalue weighted by atomic mass is 10.1. The number of nitrogens with zero attached hydrogens (tertiary/aromatic N) is 1. The molecule has 20 heavy (non-hydrogen) atoms. The van der Waals surface area contributed by atoms with Crippen LogP contribution in [-0.4, -0.2) is 16.1 Å². The van der Waals surface area contributed by atoms with Crippen molar-refractivity contribution in [3.8, 4) is 0 Å². The molecule has 0 atom stereocenters. The highest BCUT2D eigenvalue weighted by Crippen LogP contribution is 2.33. The van der Waals surface area contributed by atoms with Gasteiger partial charge in [-0.3, -0.25) is 0 Å². The summed E-state index contributed by atoms with van der Waals surface area (Å²) in [5.74, 6) is -0.229. The van der Waals surface area contributed by atoms with Crippen LogP contribution < -0.4 is 0 Å². The number of fused-ring (bicyclic) bond motifs is 1. The van der Waals surface area contributed by atoms with Crippen molar-refractivity contribution in [1.29, 1.82) is 0 Å². The van der Waals surface area contributed by atoms with Gasteiger partial charge in [-0.05, 0) is 25.1 Å². The van der Waals surface area contributed by atoms with Gasteiger partial charge in [-0.1, -0.05) is 30.0 Å². The Kier molecular flexibility index (Phi) is 3.20. The summed E-state index contributed by atoms with van der Waals surface area (Å²) in [5, 5.41) is 10.6. The summed E-state index contributed by atoms with van der Waals surface area (Å²) < 4.78 is 5.23. The first kappa shape index (κ1) is 12.7. The van der Waals surface area contributed by atoms with Crippen molar-refractivity contribution >= 4 is 28.6 Å². The SMILES string of the molecule is Cc1occc1Sc1nc2ccccc2cc1C(=O)O. The molecule has 0 bridgehead atoms. The van der Waals surface area contributed by atoms with Crippen molar-refractivity contribution in [1.82, 2.24) is 4.98 Å². The lowest BCUT2D eigenvalue weighted by Gasteiger charge is -2.06. The van der Waals surface area contributed by atoms with Gasteiger partial charge >= 0.3 is 5.97 Å². The van der Waals surface area contributed by atoms with Gasteiger partial charge in [0.25, 0.3) is 0 Å². The summed E-state index contributed by atoms with van der Waals surface area (Å²) in [6.07, 6.45) is 1.58. The minimum Gasteiger partial charge on any atom is -0.478 e. The topological polar surface area (TPSA) is 63.3 Å². The van der Waals surface area contributed by atoms with Crippen molar-refractivity contribution < 1.29 is 14.3 Å². The predicted octanol–water partition coefficient (Wildman–Crippen LogP) is 3.99. The Morgan fingerprint density at radius 3 is 2.80 bits per heavy atom. The number of carboxylic acids is 1. The fourth-order valence-electron chi connectivity index (χ4n) is 1.91. The van der Waals surface area contributed by atoms with Crippen molar-refractivity contribution in [2.24, 2.45) is 0 Å². The van der Waals surface area contributed by atoms with E-state index in [-0.39, 0.29) is 5.56 Å². The average molecular weight is 285 g/mol. The number of hydrogen-bond donors (Lipinski definition) is 1. The van der Waals surface area contributed by atoms with Crippen LogP contribution in [0.2, 0.25) is 0 Å². The Morgan fingerprint density at radius 1 is 1.30 bits per heavy atom. The summed E-state index contributed by atoms with van der Waals surface area (Å²) in [4.78, 5) is 16.7. The zero-order valence-corrected chi connectivity index (χ0v) is 11.5. The standard InChI is InChI=1S/C15H11NO3S/c1-9-13(6-7-19-9)20-14-11(15(17)18)8-10-4-2-3-5-12(10)16-14/h2-8H,1H3,(H,17,18). The second-order valence-electron chi connectivity index (χ2n) is 4.28. The Morgan fingerprint density at radius 2 is 2.10 bits per heavy atom. The zero-order valence-electron chi connectivity index (χ0n) is 10.7. The molecule has 2 aromatic heterocycles. The molecule has 0 aliphatic rings. The summed E-state index contributed by atoms with van der Waals surface area (Å²) in [6, 6.07) is 10.9. The van der Waals surface area contributed by atoms with E-state index in [1.807, 2.05) is 37.3 Å². The van der Waals surface area contributed by atoms with Gasteiger partial charge in [0, 0.05) is 5.39 Å². The number of carboxylic acid groups (broad SMARTS) is 1. The number of aryl methyl sites for hydroxylation is 1. The number of carbonyl (C=O) groups is 1. The highest BCUT2D eigenvalue weighted by molar-refractivity contribution is 7.99.